The van der Waals surface area contributed by atoms with Crippen LogP contribution in [0.2, 0.25) is 0 Å². The van der Waals surface area contributed by atoms with E-state index < -0.39 is 33.8 Å². The van der Waals surface area contributed by atoms with Gasteiger partial charge in [0.15, 0.2) is 11.6 Å². The first-order valence-corrected chi connectivity index (χ1v) is 11.3. The van der Waals surface area contributed by atoms with Gasteiger partial charge >= 0.3 is 5.63 Å². The van der Waals surface area contributed by atoms with Crippen molar-refractivity contribution in [3.05, 3.63) is 76.2 Å². The van der Waals surface area contributed by atoms with Crippen molar-refractivity contribution in [2.45, 2.75) is 19.8 Å². The molecule has 1 aliphatic rings. The minimum absolute atomic E-state index is 0.0358. The van der Waals surface area contributed by atoms with Crippen molar-refractivity contribution in [1.29, 1.82) is 0 Å². The van der Waals surface area contributed by atoms with Crippen LogP contribution in [0.3, 0.4) is 0 Å². The van der Waals surface area contributed by atoms with Crippen LogP contribution in [-0.4, -0.2) is 37.9 Å². The number of para-hydroxylation sites is 1. The van der Waals surface area contributed by atoms with Crippen LogP contribution in [0.15, 0.2) is 68.6 Å². The average molecular weight is 473 g/mol. The topological polar surface area (TPSA) is 126 Å². The second-order valence-corrected chi connectivity index (χ2v) is 8.68. The third-order valence-electron chi connectivity index (χ3n) is 4.90. The first kappa shape index (κ1) is 22.4. The highest BCUT2D eigenvalue weighted by atomic mass is 32.2. The molecule has 1 unspecified atom stereocenters. The molecule has 0 amide bonds. The van der Waals surface area contributed by atoms with Crippen LogP contribution in [0.4, 0.5) is 10.2 Å². The Bertz CT molecular complexity index is 1420. The Morgan fingerprint density at radius 1 is 1.27 bits per heavy atom. The number of hydrogen-bond donors (Lipinski definition) is 2. The maximum atomic E-state index is 15.0. The van der Waals surface area contributed by atoms with E-state index in [9.17, 15) is 13.2 Å². The molecular weight excluding hydrogens is 453 g/mol. The van der Waals surface area contributed by atoms with Crippen LogP contribution >= 0.6 is 0 Å². The Labute approximate surface area is 188 Å². The zero-order valence-electron chi connectivity index (χ0n) is 17.6. The number of halogens is 1. The molecule has 10 nitrogen and oxygen atoms in total. The predicted molar refractivity (Wildman–Crippen MR) is 120 cm³/mol. The van der Waals surface area contributed by atoms with E-state index in [1.165, 1.54) is 25.5 Å². The lowest BCUT2D eigenvalue weighted by atomic mass is 10.2. The van der Waals surface area contributed by atoms with Gasteiger partial charge in [-0.2, -0.15) is 8.42 Å². The number of fused-ring (bicyclic) bond motifs is 1. The molecular formula is C21H20FN5O5S. The molecule has 0 fully saturated rings. The number of rotatable bonds is 7. The molecule has 1 aliphatic heterocycles. The van der Waals surface area contributed by atoms with Crippen LogP contribution in [0.25, 0.3) is 11.0 Å². The fraction of sp³-hybridized carbons (Fsp3) is 0.190. The summed E-state index contributed by atoms with van der Waals surface area (Å²) in [5.41, 5.74) is 0.580. The quantitative estimate of drug-likeness (QED) is 0.505. The molecule has 12 heteroatoms. The van der Waals surface area contributed by atoms with Gasteiger partial charge in [-0.25, -0.2) is 23.9 Å². The molecule has 3 heterocycles. The number of allylic oxidation sites excluding steroid dienone is 2. The number of anilines is 1. The standard InChI is InChI=1S/C21H20FN5O5S/c1-13-7-9-25-21(32-17-11-14-5-3-4-6-16(14)31-20(17)28)27(13)12-15-8-10-24-19(18(15)22)26-33(29,30)23-2/h3-11,21,23H,12H2,1-2H3,(H,24,26). The largest absolute Gasteiger partial charge is 0.443 e. The van der Waals surface area contributed by atoms with E-state index in [-0.39, 0.29) is 17.9 Å². The molecule has 172 valence electrons. The summed E-state index contributed by atoms with van der Waals surface area (Å²) in [6, 6.07) is 9.97. The minimum atomic E-state index is -3.95. The van der Waals surface area contributed by atoms with Crippen LogP contribution in [0.1, 0.15) is 12.5 Å². The number of nitrogens with zero attached hydrogens (tertiary/aromatic N) is 3. The molecule has 0 aliphatic carbocycles. The Morgan fingerprint density at radius 2 is 2.06 bits per heavy atom. The predicted octanol–water partition coefficient (Wildman–Crippen LogP) is 2.36. The van der Waals surface area contributed by atoms with E-state index in [0.717, 1.165) is 0 Å². The zero-order valence-corrected chi connectivity index (χ0v) is 18.5. The molecule has 4 rings (SSSR count). The SMILES string of the molecule is CNS(=O)(=O)Nc1nccc(CN2C(C)=CC=NC2Oc2cc3ccccc3oc2=O)c1F. The molecule has 0 spiro atoms. The van der Waals surface area contributed by atoms with Gasteiger partial charge in [-0.3, -0.25) is 4.72 Å². The summed E-state index contributed by atoms with van der Waals surface area (Å²) in [6.07, 6.45) is 3.52. The number of ether oxygens (including phenoxy) is 1. The molecule has 1 aromatic carbocycles. The molecule has 2 aromatic heterocycles. The summed E-state index contributed by atoms with van der Waals surface area (Å²) in [5.74, 6) is -1.34. The van der Waals surface area contributed by atoms with Gasteiger partial charge < -0.3 is 14.1 Å². The summed E-state index contributed by atoms with van der Waals surface area (Å²) >= 11 is 0. The maximum Gasteiger partial charge on any atom is 0.379 e. The van der Waals surface area contributed by atoms with Crippen molar-refractivity contribution < 1.29 is 22.0 Å². The number of hydrogen-bond acceptors (Lipinski definition) is 8. The molecule has 33 heavy (non-hydrogen) atoms. The van der Waals surface area contributed by atoms with Gasteiger partial charge in [0.25, 0.3) is 16.6 Å². The zero-order chi connectivity index (χ0) is 23.6. The highest BCUT2D eigenvalue weighted by molar-refractivity contribution is 7.90. The Balaban J connectivity index is 1.62. The lowest BCUT2D eigenvalue weighted by Gasteiger charge is -2.33. The van der Waals surface area contributed by atoms with E-state index in [1.807, 2.05) is 9.44 Å². The second-order valence-electron chi connectivity index (χ2n) is 7.06. The van der Waals surface area contributed by atoms with Gasteiger partial charge in [0.05, 0.1) is 6.54 Å². The molecule has 0 saturated heterocycles. The number of nitrogens with one attached hydrogen (secondary N) is 2. The van der Waals surface area contributed by atoms with E-state index in [2.05, 4.69) is 9.98 Å². The molecule has 0 saturated carbocycles. The van der Waals surface area contributed by atoms with Crippen LogP contribution < -0.4 is 19.8 Å². The Hall–Kier alpha value is -3.77. The first-order chi connectivity index (χ1) is 15.8. The summed E-state index contributed by atoms with van der Waals surface area (Å²) in [6.45, 7) is 1.74. The van der Waals surface area contributed by atoms with Gasteiger partial charge in [0.2, 0.25) is 5.75 Å². The highest BCUT2D eigenvalue weighted by Gasteiger charge is 2.26. The number of aromatic nitrogens is 1. The van der Waals surface area contributed by atoms with Crippen molar-refractivity contribution in [2.75, 3.05) is 11.8 Å². The fourth-order valence-corrected chi connectivity index (χ4v) is 3.65. The second kappa shape index (κ2) is 9.00. The van der Waals surface area contributed by atoms with Crippen molar-refractivity contribution >= 4 is 33.2 Å². The highest BCUT2D eigenvalue weighted by Crippen LogP contribution is 2.25. The van der Waals surface area contributed by atoms with E-state index in [0.29, 0.717) is 16.7 Å². The molecule has 3 aromatic rings. The van der Waals surface area contributed by atoms with E-state index in [4.69, 9.17) is 9.15 Å². The summed E-state index contributed by atoms with van der Waals surface area (Å²) in [7, 11) is -2.76. The maximum absolute atomic E-state index is 15.0. The molecule has 2 N–H and O–H groups in total. The number of pyridine rings is 1. The lowest BCUT2D eigenvalue weighted by molar-refractivity contribution is 0.0481. The first-order valence-electron chi connectivity index (χ1n) is 9.78. The third kappa shape index (κ3) is 4.86. The summed E-state index contributed by atoms with van der Waals surface area (Å²) in [5, 5.41) is 0.673. The van der Waals surface area contributed by atoms with E-state index in [1.54, 1.807) is 48.2 Å². The number of benzene rings is 1. The molecule has 0 radical (unpaired) electrons. The number of aliphatic imine (C=N–C) groups is 1. The smallest absolute Gasteiger partial charge is 0.379 e. The van der Waals surface area contributed by atoms with Gasteiger partial charge in [-0.05, 0) is 31.2 Å². The van der Waals surface area contributed by atoms with Gasteiger partial charge in [0, 0.05) is 36.1 Å². The van der Waals surface area contributed by atoms with Crippen molar-refractivity contribution in [2.24, 2.45) is 4.99 Å². The van der Waals surface area contributed by atoms with Gasteiger partial charge in [-0.1, -0.05) is 18.2 Å². The van der Waals surface area contributed by atoms with Crippen LogP contribution in [0.5, 0.6) is 5.75 Å². The lowest BCUT2D eigenvalue weighted by Crippen LogP contribution is -2.39. The summed E-state index contributed by atoms with van der Waals surface area (Å²) in [4.78, 5) is 22.0. The monoisotopic (exact) mass is 473 g/mol. The van der Waals surface area contributed by atoms with E-state index >= 15 is 4.39 Å². The summed E-state index contributed by atoms with van der Waals surface area (Å²) < 4.78 is 53.7. The fourth-order valence-electron chi connectivity index (χ4n) is 3.15. The van der Waals surface area contributed by atoms with Crippen LogP contribution in [0, 0.1) is 5.82 Å². The third-order valence-corrected chi connectivity index (χ3v) is 5.90. The van der Waals surface area contributed by atoms with Crippen molar-refractivity contribution in [3.8, 4) is 5.75 Å². The van der Waals surface area contributed by atoms with Crippen molar-refractivity contribution in [3.63, 3.8) is 0 Å². The minimum Gasteiger partial charge on any atom is -0.443 e. The Morgan fingerprint density at radius 3 is 2.85 bits per heavy atom. The molecule has 1 atom stereocenters. The molecule has 0 bridgehead atoms. The van der Waals surface area contributed by atoms with Gasteiger partial charge in [-0.15, -0.1) is 0 Å². The normalized spacial score (nSPS) is 16.0. The van der Waals surface area contributed by atoms with Crippen molar-refractivity contribution in [1.82, 2.24) is 14.6 Å². The van der Waals surface area contributed by atoms with Gasteiger partial charge in [0.1, 0.15) is 5.58 Å². The van der Waals surface area contributed by atoms with Crippen LogP contribution in [-0.2, 0) is 16.8 Å². The Kier molecular flexibility index (Phi) is 6.11. The average Bonchev–Trinajstić information content (AvgIpc) is 2.79.